The van der Waals surface area contributed by atoms with Gasteiger partial charge in [-0.25, -0.2) is 4.98 Å². The predicted octanol–water partition coefficient (Wildman–Crippen LogP) is 3.44. The van der Waals surface area contributed by atoms with Crippen molar-refractivity contribution in [1.82, 2.24) is 10.3 Å². The van der Waals surface area contributed by atoms with Crippen molar-refractivity contribution < 1.29 is 14.7 Å². The van der Waals surface area contributed by atoms with Gasteiger partial charge in [0.15, 0.2) is 0 Å². The quantitative estimate of drug-likeness (QED) is 0.288. The van der Waals surface area contributed by atoms with Crippen molar-refractivity contribution in [2.24, 2.45) is 10.7 Å². The number of pyridine rings is 1. The highest BCUT2D eigenvalue weighted by Gasteiger charge is 2.13. The molecule has 0 radical (unpaired) electrons. The largest absolute Gasteiger partial charge is 0.481 e. The second kappa shape index (κ2) is 10.8. The molecule has 3 aromatic rings. The number of nitrogen functional groups attached to an aromatic ring is 1. The van der Waals surface area contributed by atoms with E-state index in [9.17, 15) is 9.59 Å². The Labute approximate surface area is 202 Å². The Balaban J connectivity index is 1.66. The molecule has 0 bridgehead atoms. The number of aromatic nitrogens is 1. The van der Waals surface area contributed by atoms with Crippen LogP contribution in [0.1, 0.15) is 27.8 Å². The maximum atomic E-state index is 12.7. The number of nitrogens with zero attached hydrogens (tertiary/aromatic N) is 2. The van der Waals surface area contributed by atoms with Crippen molar-refractivity contribution in [2.45, 2.75) is 33.4 Å². The summed E-state index contributed by atoms with van der Waals surface area (Å²) in [6.07, 6.45) is 4.12. The molecule has 0 aliphatic rings. The highest BCUT2D eigenvalue weighted by atomic mass is 35.5. The zero-order chi connectivity index (χ0) is 24.8. The lowest BCUT2D eigenvalue weighted by Gasteiger charge is -2.15. The molecule has 6 N–H and O–H groups in total. The Morgan fingerprint density at radius 2 is 1.97 bits per heavy atom. The lowest BCUT2D eigenvalue weighted by Crippen LogP contribution is -2.26. The summed E-state index contributed by atoms with van der Waals surface area (Å²) in [4.78, 5) is 31.9. The fourth-order valence-corrected chi connectivity index (χ4v) is 3.96. The fraction of sp³-hybridized carbons (Fsp3) is 0.200. The molecule has 2 aromatic carbocycles. The van der Waals surface area contributed by atoms with E-state index in [0.717, 1.165) is 33.0 Å². The molecule has 8 nitrogen and oxygen atoms in total. The lowest BCUT2D eigenvalue weighted by molar-refractivity contribution is -0.136. The Kier molecular flexibility index (Phi) is 7.86. The molecule has 1 amide bonds. The second-order valence-electron chi connectivity index (χ2n) is 7.86. The van der Waals surface area contributed by atoms with E-state index in [1.807, 2.05) is 26.0 Å². The van der Waals surface area contributed by atoms with Gasteiger partial charge in [0.1, 0.15) is 5.82 Å². The predicted molar refractivity (Wildman–Crippen MR) is 135 cm³/mol. The maximum Gasteiger partial charge on any atom is 0.307 e. The zero-order valence-electron chi connectivity index (χ0n) is 18.9. The molecule has 0 saturated carbocycles. The van der Waals surface area contributed by atoms with Gasteiger partial charge in [-0.3, -0.25) is 14.6 Å². The third-order valence-electron chi connectivity index (χ3n) is 5.55. The van der Waals surface area contributed by atoms with Gasteiger partial charge in [0.25, 0.3) is 5.91 Å². The van der Waals surface area contributed by atoms with Crippen molar-refractivity contribution in [3.8, 4) is 0 Å². The third kappa shape index (κ3) is 5.71. The number of hydrogen-bond donors (Lipinski definition) is 4. The summed E-state index contributed by atoms with van der Waals surface area (Å²) in [6.45, 7) is 4.54. The second-order valence-corrected chi connectivity index (χ2v) is 8.27. The normalized spacial score (nSPS) is 11.8. The Hall–Kier alpha value is -3.91. The first-order valence-corrected chi connectivity index (χ1v) is 10.9. The van der Waals surface area contributed by atoms with Crippen molar-refractivity contribution in [1.29, 1.82) is 0 Å². The monoisotopic (exact) mass is 479 g/mol. The van der Waals surface area contributed by atoms with E-state index in [0.29, 0.717) is 22.9 Å². The number of hydrogen-bond acceptors (Lipinski definition) is 6. The SMILES string of the molecule is Cc1cc2c(N)nccc2c(C)c1CNC(=O)/C(C=NCc1ccc(CC(=O)O)c(Cl)c1)=C/N. The number of aryl methyl sites for hydroxylation is 2. The standard InChI is InChI=1S/C25H26ClN5O3/c1-14-7-20-19(5-6-30-24(20)28)15(2)21(14)13-31-25(34)18(10-27)12-29-11-16-3-4-17(9-23(32)33)22(26)8-16/h3-8,10,12H,9,11,13,27H2,1-2H3,(H2,28,30)(H,31,34)(H,32,33)/b18-10+,29-12?. The molecular formula is C25H26ClN5O3. The van der Waals surface area contributed by atoms with E-state index in [1.165, 1.54) is 12.4 Å². The average molecular weight is 480 g/mol. The van der Waals surface area contributed by atoms with Gasteiger partial charge in [-0.15, -0.1) is 0 Å². The number of carbonyl (C=O) groups is 2. The van der Waals surface area contributed by atoms with Crippen molar-refractivity contribution >= 4 is 46.3 Å². The molecule has 0 spiro atoms. The first-order chi connectivity index (χ1) is 16.2. The van der Waals surface area contributed by atoms with Crippen LogP contribution >= 0.6 is 11.6 Å². The molecule has 0 aliphatic carbocycles. The number of anilines is 1. The molecule has 1 aromatic heterocycles. The molecule has 0 unspecified atom stereocenters. The zero-order valence-corrected chi connectivity index (χ0v) is 19.7. The molecule has 3 rings (SSSR count). The summed E-state index contributed by atoms with van der Waals surface area (Å²) < 4.78 is 0. The topological polar surface area (TPSA) is 144 Å². The van der Waals surface area contributed by atoms with Gasteiger partial charge in [0, 0.05) is 35.6 Å². The van der Waals surface area contributed by atoms with Crippen LogP contribution < -0.4 is 16.8 Å². The Morgan fingerprint density at radius 3 is 2.65 bits per heavy atom. The first kappa shape index (κ1) is 24.7. The van der Waals surface area contributed by atoms with Crippen LogP contribution in [0.2, 0.25) is 5.02 Å². The van der Waals surface area contributed by atoms with Crippen molar-refractivity contribution in [2.75, 3.05) is 5.73 Å². The van der Waals surface area contributed by atoms with E-state index in [1.54, 1.807) is 24.4 Å². The minimum atomic E-state index is -0.952. The lowest BCUT2D eigenvalue weighted by atomic mass is 9.96. The van der Waals surface area contributed by atoms with Gasteiger partial charge in [0.05, 0.1) is 18.5 Å². The van der Waals surface area contributed by atoms with Crippen LogP contribution in [0.15, 0.2) is 53.3 Å². The minimum absolute atomic E-state index is 0.150. The number of amides is 1. The third-order valence-corrected chi connectivity index (χ3v) is 5.90. The molecule has 0 aliphatic heterocycles. The summed E-state index contributed by atoms with van der Waals surface area (Å²) in [6, 6.07) is 8.95. The smallest absolute Gasteiger partial charge is 0.307 e. The molecule has 1 heterocycles. The summed E-state index contributed by atoms with van der Waals surface area (Å²) in [5.74, 6) is -0.831. The minimum Gasteiger partial charge on any atom is -0.481 e. The highest BCUT2D eigenvalue weighted by Crippen LogP contribution is 2.27. The van der Waals surface area contributed by atoms with Gasteiger partial charge in [-0.1, -0.05) is 23.7 Å². The van der Waals surface area contributed by atoms with E-state index in [2.05, 4.69) is 15.3 Å². The number of nitrogens with one attached hydrogen (secondary N) is 1. The summed E-state index contributed by atoms with van der Waals surface area (Å²) in [5.41, 5.74) is 16.2. The first-order valence-electron chi connectivity index (χ1n) is 10.5. The molecule has 34 heavy (non-hydrogen) atoms. The highest BCUT2D eigenvalue weighted by molar-refractivity contribution is 6.31. The van der Waals surface area contributed by atoms with Crippen LogP contribution in [0.3, 0.4) is 0 Å². The van der Waals surface area contributed by atoms with Gasteiger partial charge in [-0.05, 0) is 65.3 Å². The van der Waals surface area contributed by atoms with Crippen molar-refractivity contribution in [3.05, 3.63) is 81.1 Å². The molecule has 0 saturated heterocycles. The number of carboxylic acids is 1. The van der Waals surface area contributed by atoms with Crippen LogP contribution in [-0.4, -0.2) is 28.2 Å². The van der Waals surface area contributed by atoms with E-state index in [-0.39, 0.29) is 24.4 Å². The van der Waals surface area contributed by atoms with E-state index >= 15 is 0 Å². The number of fused-ring (bicyclic) bond motifs is 1. The van der Waals surface area contributed by atoms with Crippen LogP contribution in [-0.2, 0) is 29.1 Å². The summed E-state index contributed by atoms with van der Waals surface area (Å²) in [5, 5.41) is 14.0. The number of carbonyl (C=O) groups excluding carboxylic acids is 1. The fourth-order valence-electron chi connectivity index (χ4n) is 3.69. The van der Waals surface area contributed by atoms with Crippen LogP contribution in [0.4, 0.5) is 5.82 Å². The van der Waals surface area contributed by atoms with Gasteiger partial charge < -0.3 is 21.9 Å². The van der Waals surface area contributed by atoms with Gasteiger partial charge >= 0.3 is 5.97 Å². The number of aliphatic carboxylic acids is 1. The van der Waals surface area contributed by atoms with Crippen LogP contribution in [0, 0.1) is 13.8 Å². The van der Waals surface area contributed by atoms with Crippen molar-refractivity contribution in [3.63, 3.8) is 0 Å². The van der Waals surface area contributed by atoms with Crippen LogP contribution in [0.5, 0.6) is 0 Å². The van der Waals surface area contributed by atoms with Gasteiger partial charge in [0.2, 0.25) is 0 Å². The van der Waals surface area contributed by atoms with Crippen LogP contribution in [0.25, 0.3) is 10.8 Å². The number of benzene rings is 2. The van der Waals surface area contributed by atoms with E-state index < -0.39 is 5.97 Å². The molecule has 9 heteroatoms. The summed E-state index contributed by atoms with van der Waals surface area (Å²) >= 11 is 6.14. The number of aliphatic imine (C=N–C) groups is 1. The maximum absolute atomic E-state index is 12.7. The number of nitrogens with two attached hydrogens (primary N) is 2. The Bertz CT molecular complexity index is 1320. The number of rotatable bonds is 8. The molecular weight excluding hydrogens is 454 g/mol. The van der Waals surface area contributed by atoms with Gasteiger partial charge in [-0.2, -0.15) is 0 Å². The summed E-state index contributed by atoms with van der Waals surface area (Å²) in [7, 11) is 0. The van der Waals surface area contributed by atoms with E-state index in [4.69, 9.17) is 28.2 Å². The molecule has 0 fully saturated rings. The average Bonchev–Trinajstić information content (AvgIpc) is 2.78. The molecule has 176 valence electrons. The molecule has 0 atom stereocenters. The number of halogens is 1. The number of carboxylic acid groups (broad SMARTS) is 1. The Morgan fingerprint density at radius 1 is 1.21 bits per heavy atom.